The fourth-order valence-electron chi connectivity index (χ4n) is 10.4. The van der Waals surface area contributed by atoms with Gasteiger partial charge in [0, 0.05) is 6.42 Å². The van der Waals surface area contributed by atoms with Crippen molar-refractivity contribution < 1.29 is 89.4 Å². The van der Waals surface area contributed by atoms with Crippen LogP contribution in [-0.2, 0) is 33.2 Å². The van der Waals surface area contributed by atoms with E-state index in [0.29, 0.717) is 12.8 Å². The van der Waals surface area contributed by atoms with Gasteiger partial charge in [-0.2, -0.15) is 0 Å². The second kappa shape index (κ2) is 47.9. The van der Waals surface area contributed by atoms with Crippen LogP contribution in [0.1, 0.15) is 194 Å². The smallest absolute Gasteiger partial charge is 0.220 e. The second-order valence-electron chi connectivity index (χ2n) is 22.8. The van der Waals surface area contributed by atoms with Crippen LogP contribution in [0.5, 0.6) is 0 Å². The zero-order chi connectivity index (χ0) is 61.9. The Balaban J connectivity index is 1.44. The number of carbonyl (C=O) groups excluding carboxylic acids is 1. The summed E-state index contributed by atoms with van der Waals surface area (Å²) in [4.78, 5) is 13.4. The topological polar surface area (TPSA) is 307 Å². The lowest BCUT2D eigenvalue weighted by molar-refractivity contribution is -0.379. The van der Waals surface area contributed by atoms with Gasteiger partial charge < -0.3 is 89.9 Å². The molecule has 0 bridgehead atoms. The third-order valence-corrected chi connectivity index (χ3v) is 15.7. The molecule has 1 amide bonds. The maximum Gasteiger partial charge on any atom is 0.220 e. The number of amides is 1. The van der Waals surface area contributed by atoms with Crippen LogP contribution in [-0.4, -0.2) is 193 Å². The number of hydrogen-bond acceptors (Lipinski definition) is 18. The molecule has 0 saturated carbocycles. The van der Waals surface area contributed by atoms with Gasteiger partial charge in [-0.1, -0.05) is 195 Å². The highest BCUT2D eigenvalue weighted by Gasteiger charge is 2.53. The predicted octanol–water partition coefficient (Wildman–Crippen LogP) is 7.15. The van der Waals surface area contributed by atoms with Crippen molar-refractivity contribution in [2.75, 3.05) is 26.4 Å². The van der Waals surface area contributed by atoms with E-state index in [4.69, 9.17) is 28.4 Å². The quantitative estimate of drug-likeness (QED) is 0.0213. The van der Waals surface area contributed by atoms with Crippen molar-refractivity contribution in [3.63, 3.8) is 0 Å². The number of allylic oxidation sites excluding steroid dienone is 13. The van der Waals surface area contributed by atoms with Crippen LogP contribution in [0.25, 0.3) is 0 Å². The monoisotopic (exact) mass is 1210 g/mol. The van der Waals surface area contributed by atoms with Crippen LogP contribution < -0.4 is 5.32 Å². The van der Waals surface area contributed by atoms with Gasteiger partial charge in [0.15, 0.2) is 18.9 Å². The first kappa shape index (κ1) is 76.2. The molecule has 3 rings (SSSR count). The molecular weight excluding hydrogens is 1090 g/mol. The average molecular weight is 1210 g/mol. The van der Waals surface area contributed by atoms with E-state index in [9.17, 15) is 61.0 Å². The Morgan fingerprint density at radius 1 is 0.435 bits per heavy atom. The van der Waals surface area contributed by atoms with Crippen molar-refractivity contribution >= 4 is 5.91 Å². The lowest BCUT2D eigenvalue weighted by Gasteiger charge is -2.48. The Kier molecular flexibility index (Phi) is 43.0. The fourth-order valence-corrected chi connectivity index (χ4v) is 10.4. The zero-order valence-electron chi connectivity index (χ0n) is 51.3. The van der Waals surface area contributed by atoms with Gasteiger partial charge in [0.2, 0.25) is 5.91 Å². The molecule has 0 spiro atoms. The zero-order valence-corrected chi connectivity index (χ0v) is 51.3. The normalized spacial score (nSPS) is 29.5. The standard InChI is InChI=1S/C66H113NO18/c1-3-5-7-9-11-13-15-17-18-19-20-21-22-23-24-25-26-27-28-29-30-32-34-36-38-40-42-44-54(72)67-49(50(71)43-41-39-37-35-33-31-16-14-12-10-8-6-4-2)48-80-64-60(78)57(75)62(52(46-69)82-64)85-66-61(79)58(76)63(53(47-70)83-66)84-65-59(77)56(74)55(73)51(45-68)81-65/h5,7,11,13,17-18,20-21,23-24,33,35,41,43,49-53,55-66,68-71,73-79H,3-4,6,8-10,12,14-16,19,22,25-32,34,36-40,42,44-48H2,1-2H3,(H,67,72)/b7-5-,13-11-,18-17-,21-20-,24-23-,35-33+,43-41+. The summed E-state index contributed by atoms with van der Waals surface area (Å²) in [6, 6.07) is -0.995. The van der Waals surface area contributed by atoms with Crippen molar-refractivity contribution in [1.82, 2.24) is 5.32 Å². The molecule has 17 unspecified atom stereocenters. The third-order valence-electron chi connectivity index (χ3n) is 15.7. The molecule has 0 radical (unpaired) electrons. The first-order chi connectivity index (χ1) is 41.3. The van der Waals surface area contributed by atoms with E-state index in [2.05, 4.69) is 92.1 Å². The van der Waals surface area contributed by atoms with Crippen LogP contribution in [0.4, 0.5) is 0 Å². The molecular formula is C66H113NO18. The number of carbonyl (C=O) groups is 1. The van der Waals surface area contributed by atoms with E-state index >= 15 is 0 Å². The van der Waals surface area contributed by atoms with Gasteiger partial charge in [-0.15, -0.1) is 0 Å². The first-order valence-corrected chi connectivity index (χ1v) is 32.3. The van der Waals surface area contributed by atoms with Gasteiger partial charge in [-0.3, -0.25) is 4.79 Å². The molecule has 3 aliphatic rings. The van der Waals surface area contributed by atoms with Gasteiger partial charge in [0.05, 0.1) is 38.6 Å². The number of aliphatic hydroxyl groups is 11. The molecule has 0 aromatic heterocycles. The van der Waals surface area contributed by atoms with E-state index in [-0.39, 0.29) is 18.9 Å². The van der Waals surface area contributed by atoms with Crippen LogP contribution >= 0.6 is 0 Å². The Bertz CT molecular complexity index is 1880. The highest BCUT2D eigenvalue weighted by Crippen LogP contribution is 2.33. The molecule has 3 heterocycles. The SMILES string of the molecule is CC/C=C\C/C=C\C/C=C\C/C=C\C/C=C\CCCCCCCCCCCCCC(=O)NC(COC1OC(CO)C(OC2OC(CO)C(OC3OC(CO)C(O)C(O)C3O)C(O)C2O)C(O)C1O)C(O)/C=C/CC/C=C/CCCCCCCCC. The van der Waals surface area contributed by atoms with Crippen molar-refractivity contribution in [2.45, 2.75) is 298 Å². The Morgan fingerprint density at radius 3 is 1.32 bits per heavy atom. The van der Waals surface area contributed by atoms with Gasteiger partial charge in [0.25, 0.3) is 0 Å². The molecule has 19 nitrogen and oxygen atoms in total. The van der Waals surface area contributed by atoms with Crippen molar-refractivity contribution in [1.29, 1.82) is 0 Å². The van der Waals surface area contributed by atoms with E-state index in [1.807, 2.05) is 6.08 Å². The van der Waals surface area contributed by atoms with E-state index < -0.39 is 124 Å². The summed E-state index contributed by atoms with van der Waals surface area (Å²) >= 11 is 0. The highest BCUT2D eigenvalue weighted by atomic mass is 16.8. The summed E-state index contributed by atoms with van der Waals surface area (Å²) in [7, 11) is 0. The molecule has 19 heteroatoms. The number of unbranched alkanes of at least 4 members (excludes halogenated alkanes) is 19. The summed E-state index contributed by atoms with van der Waals surface area (Å²) in [5.41, 5.74) is 0. The summed E-state index contributed by atoms with van der Waals surface area (Å²) < 4.78 is 34.2. The molecule has 490 valence electrons. The lowest BCUT2D eigenvalue weighted by atomic mass is 9.96. The van der Waals surface area contributed by atoms with Crippen molar-refractivity contribution in [3.8, 4) is 0 Å². The third kappa shape index (κ3) is 30.8. The lowest BCUT2D eigenvalue weighted by Crippen LogP contribution is -2.66. The highest BCUT2D eigenvalue weighted by molar-refractivity contribution is 5.76. The van der Waals surface area contributed by atoms with Gasteiger partial charge >= 0.3 is 0 Å². The Labute approximate surface area is 508 Å². The van der Waals surface area contributed by atoms with Crippen molar-refractivity contribution in [2.24, 2.45) is 0 Å². The van der Waals surface area contributed by atoms with Crippen molar-refractivity contribution in [3.05, 3.63) is 85.1 Å². The maximum atomic E-state index is 13.4. The summed E-state index contributed by atoms with van der Waals surface area (Å²) in [5, 5.41) is 120. The van der Waals surface area contributed by atoms with E-state index in [1.54, 1.807) is 6.08 Å². The average Bonchev–Trinajstić information content (AvgIpc) is 2.72. The van der Waals surface area contributed by atoms with Crippen LogP contribution in [0.2, 0.25) is 0 Å². The predicted molar refractivity (Wildman–Crippen MR) is 328 cm³/mol. The first-order valence-electron chi connectivity index (χ1n) is 32.3. The molecule has 12 N–H and O–H groups in total. The van der Waals surface area contributed by atoms with Gasteiger partial charge in [-0.25, -0.2) is 0 Å². The van der Waals surface area contributed by atoms with Crippen LogP contribution in [0.15, 0.2) is 85.1 Å². The molecule has 3 fully saturated rings. The molecule has 0 aromatic carbocycles. The molecule has 17 atom stereocenters. The van der Waals surface area contributed by atoms with Gasteiger partial charge in [-0.05, 0) is 77.0 Å². The summed E-state index contributed by atoms with van der Waals surface area (Å²) in [6.45, 7) is 1.56. The van der Waals surface area contributed by atoms with E-state index in [1.165, 1.54) is 77.0 Å². The van der Waals surface area contributed by atoms with Crippen LogP contribution in [0, 0.1) is 0 Å². The molecule has 0 aromatic rings. The largest absolute Gasteiger partial charge is 0.394 e. The number of nitrogens with one attached hydrogen (secondary N) is 1. The Hall–Kier alpha value is -3.03. The number of aliphatic hydroxyl groups excluding tert-OH is 11. The molecule has 85 heavy (non-hydrogen) atoms. The molecule has 3 aliphatic heterocycles. The number of rotatable bonds is 47. The minimum absolute atomic E-state index is 0.227. The minimum atomic E-state index is -1.98. The van der Waals surface area contributed by atoms with Crippen LogP contribution in [0.3, 0.4) is 0 Å². The summed E-state index contributed by atoms with van der Waals surface area (Å²) in [5.74, 6) is -0.294. The number of ether oxygens (including phenoxy) is 6. The maximum absolute atomic E-state index is 13.4. The fraction of sp³-hybridized carbons (Fsp3) is 0.773. The number of hydrogen-bond donors (Lipinski definition) is 12. The minimum Gasteiger partial charge on any atom is -0.394 e. The molecule has 3 saturated heterocycles. The van der Waals surface area contributed by atoms with E-state index in [0.717, 1.165) is 83.5 Å². The second-order valence-corrected chi connectivity index (χ2v) is 22.8. The van der Waals surface area contributed by atoms with Gasteiger partial charge in [0.1, 0.15) is 73.2 Å². The summed E-state index contributed by atoms with van der Waals surface area (Å²) in [6.07, 6.45) is 32.8. The Morgan fingerprint density at radius 2 is 0.824 bits per heavy atom. The molecule has 0 aliphatic carbocycles.